The fraction of sp³-hybridized carbons (Fsp3) is 0.318. The van der Waals surface area contributed by atoms with E-state index in [9.17, 15) is 5.11 Å². The van der Waals surface area contributed by atoms with E-state index in [0.29, 0.717) is 6.54 Å². The number of imidazole rings is 1. The molecule has 0 saturated carbocycles. The van der Waals surface area contributed by atoms with Crippen LogP contribution in [-0.4, -0.2) is 41.0 Å². The molecule has 0 spiro atoms. The number of methoxy groups -OCH3 is 1. The molecule has 0 aliphatic heterocycles. The van der Waals surface area contributed by atoms with Gasteiger partial charge < -0.3 is 24.5 Å². The van der Waals surface area contributed by atoms with Gasteiger partial charge in [0.05, 0.1) is 13.2 Å². The first kappa shape index (κ1) is 22.7. The van der Waals surface area contributed by atoms with Crippen LogP contribution in [0.15, 0.2) is 60.9 Å². The smallest absolute Gasteiger partial charge is 0.130 e. The zero-order valence-electron chi connectivity index (χ0n) is 16.9. The summed E-state index contributed by atoms with van der Waals surface area (Å²) in [5.74, 6) is 2.40. The molecular weight excluding hydrogens is 390 g/mol. The lowest BCUT2D eigenvalue weighted by Gasteiger charge is -2.22. The molecule has 3 rings (SSSR count). The molecule has 0 fully saturated rings. The Hall–Kier alpha value is -2.54. The summed E-state index contributed by atoms with van der Waals surface area (Å²) >= 11 is 0. The summed E-state index contributed by atoms with van der Waals surface area (Å²) in [5.41, 5.74) is 2.14. The average molecular weight is 418 g/mol. The molecule has 0 bridgehead atoms. The Kier molecular flexibility index (Phi) is 8.51. The lowest BCUT2D eigenvalue weighted by atomic mass is 10.1. The minimum absolute atomic E-state index is 0. The SMILES string of the molecule is COc1cccc(C(NCC(O)COc2cccc(C)c2)c2nccn2C)c1.Cl. The molecule has 7 heteroatoms. The number of aliphatic hydroxyl groups is 1. The molecule has 0 amide bonds. The Morgan fingerprint density at radius 1 is 1.14 bits per heavy atom. The molecular formula is C22H28ClN3O3. The second kappa shape index (κ2) is 10.9. The van der Waals surface area contributed by atoms with Crippen LogP contribution in [-0.2, 0) is 7.05 Å². The van der Waals surface area contributed by atoms with Crippen LogP contribution < -0.4 is 14.8 Å². The van der Waals surface area contributed by atoms with Gasteiger partial charge in [-0.1, -0.05) is 24.3 Å². The molecule has 0 radical (unpaired) electrons. The predicted octanol–water partition coefficient (Wildman–Crippen LogP) is 3.28. The number of hydrogen-bond donors (Lipinski definition) is 2. The Labute approximate surface area is 177 Å². The summed E-state index contributed by atoms with van der Waals surface area (Å²) < 4.78 is 13.0. The van der Waals surface area contributed by atoms with E-state index >= 15 is 0 Å². The maximum Gasteiger partial charge on any atom is 0.130 e. The first-order chi connectivity index (χ1) is 13.6. The summed E-state index contributed by atoms with van der Waals surface area (Å²) in [6, 6.07) is 15.5. The number of ether oxygens (including phenoxy) is 2. The van der Waals surface area contributed by atoms with Crippen molar-refractivity contribution in [2.24, 2.45) is 7.05 Å². The molecule has 0 aliphatic carbocycles. The van der Waals surface area contributed by atoms with E-state index in [0.717, 1.165) is 28.5 Å². The first-order valence-electron chi connectivity index (χ1n) is 9.29. The molecule has 156 valence electrons. The maximum atomic E-state index is 10.4. The van der Waals surface area contributed by atoms with Crippen LogP contribution in [0.1, 0.15) is 23.0 Å². The van der Waals surface area contributed by atoms with Gasteiger partial charge in [-0.05, 0) is 42.3 Å². The van der Waals surface area contributed by atoms with Crippen LogP contribution >= 0.6 is 12.4 Å². The van der Waals surface area contributed by atoms with Crippen molar-refractivity contribution in [2.45, 2.75) is 19.1 Å². The predicted molar refractivity (Wildman–Crippen MR) is 116 cm³/mol. The van der Waals surface area contributed by atoms with Gasteiger partial charge in [-0.3, -0.25) is 0 Å². The van der Waals surface area contributed by atoms with Gasteiger partial charge in [-0.25, -0.2) is 4.98 Å². The highest BCUT2D eigenvalue weighted by molar-refractivity contribution is 5.85. The zero-order chi connectivity index (χ0) is 19.9. The number of nitrogens with zero attached hydrogens (tertiary/aromatic N) is 2. The third kappa shape index (κ3) is 6.22. The van der Waals surface area contributed by atoms with Crippen molar-refractivity contribution in [1.29, 1.82) is 0 Å². The molecule has 0 aliphatic rings. The fourth-order valence-corrected chi connectivity index (χ4v) is 3.04. The molecule has 2 N–H and O–H groups in total. The van der Waals surface area contributed by atoms with Crippen molar-refractivity contribution in [1.82, 2.24) is 14.9 Å². The van der Waals surface area contributed by atoms with Gasteiger partial charge >= 0.3 is 0 Å². The molecule has 2 aromatic carbocycles. The number of rotatable bonds is 9. The van der Waals surface area contributed by atoms with Gasteiger partial charge in [0.1, 0.15) is 30.0 Å². The van der Waals surface area contributed by atoms with Gasteiger partial charge in [-0.15, -0.1) is 12.4 Å². The van der Waals surface area contributed by atoms with Crippen molar-refractivity contribution in [3.05, 3.63) is 77.9 Å². The minimum Gasteiger partial charge on any atom is -0.497 e. The Bertz CT molecular complexity index is 900. The van der Waals surface area contributed by atoms with Crippen molar-refractivity contribution in [3.8, 4) is 11.5 Å². The lowest BCUT2D eigenvalue weighted by Crippen LogP contribution is -2.35. The highest BCUT2D eigenvalue weighted by Gasteiger charge is 2.20. The van der Waals surface area contributed by atoms with E-state index < -0.39 is 6.10 Å². The third-order valence-electron chi connectivity index (χ3n) is 4.53. The molecule has 0 saturated heterocycles. The van der Waals surface area contributed by atoms with Crippen molar-refractivity contribution < 1.29 is 14.6 Å². The Balaban J connectivity index is 0.00000300. The number of aromatic nitrogens is 2. The minimum atomic E-state index is -0.658. The summed E-state index contributed by atoms with van der Waals surface area (Å²) in [7, 11) is 3.60. The molecule has 29 heavy (non-hydrogen) atoms. The van der Waals surface area contributed by atoms with Crippen LogP contribution in [0.5, 0.6) is 11.5 Å². The Morgan fingerprint density at radius 2 is 1.90 bits per heavy atom. The van der Waals surface area contributed by atoms with Crippen LogP contribution in [0.2, 0.25) is 0 Å². The zero-order valence-corrected chi connectivity index (χ0v) is 17.7. The number of hydrogen-bond acceptors (Lipinski definition) is 5. The van der Waals surface area contributed by atoms with E-state index in [1.807, 2.05) is 73.3 Å². The lowest BCUT2D eigenvalue weighted by molar-refractivity contribution is 0.104. The van der Waals surface area contributed by atoms with Gasteiger partial charge in [0.2, 0.25) is 0 Å². The van der Waals surface area contributed by atoms with E-state index in [2.05, 4.69) is 10.3 Å². The number of nitrogens with one attached hydrogen (secondary N) is 1. The number of benzene rings is 2. The topological polar surface area (TPSA) is 68.5 Å². The summed E-state index contributed by atoms with van der Waals surface area (Å²) in [6.07, 6.45) is 3.01. The number of halogens is 1. The van der Waals surface area contributed by atoms with Gasteiger partial charge in [0, 0.05) is 26.0 Å². The van der Waals surface area contributed by atoms with Crippen LogP contribution in [0.25, 0.3) is 0 Å². The number of aliphatic hydroxyl groups excluding tert-OH is 1. The van der Waals surface area contributed by atoms with Crippen LogP contribution in [0.4, 0.5) is 0 Å². The van der Waals surface area contributed by atoms with Crippen LogP contribution in [0.3, 0.4) is 0 Å². The van der Waals surface area contributed by atoms with E-state index in [-0.39, 0.29) is 25.1 Å². The van der Waals surface area contributed by atoms with E-state index in [1.54, 1.807) is 13.3 Å². The first-order valence-corrected chi connectivity index (χ1v) is 9.29. The average Bonchev–Trinajstić information content (AvgIpc) is 3.12. The highest BCUT2D eigenvalue weighted by Crippen LogP contribution is 2.24. The van der Waals surface area contributed by atoms with Crippen LogP contribution in [0, 0.1) is 6.92 Å². The molecule has 3 aromatic rings. The largest absolute Gasteiger partial charge is 0.497 e. The van der Waals surface area contributed by atoms with Gasteiger partial charge in [0.15, 0.2) is 0 Å². The molecule has 1 aromatic heterocycles. The second-order valence-corrected chi connectivity index (χ2v) is 6.80. The van der Waals surface area contributed by atoms with Crippen molar-refractivity contribution in [2.75, 3.05) is 20.3 Å². The third-order valence-corrected chi connectivity index (χ3v) is 4.53. The van der Waals surface area contributed by atoms with E-state index in [4.69, 9.17) is 9.47 Å². The fourth-order valence-electron chi connectivity index (χ4n) is 3.04. The Morgan fingerprint density at radius 3 is 2.59 bits per heavy atom. The van der Waals surface area contributed by atoms with Crippen molar-refractivity contribution >= 4 is 12.4 Å². The normalized spacial score (nSPS) is 12.7. The summed E-state index contributed by atoms with van der Waals surface area (Å²) in [4.78, 5) is 4.48. The second-order valence-electron chi connectivity index (χ2n) is 6.80. The van der Waals surface area contributed by atoms with Gasteiger partial charge in [-0.2, -0.15) is 0 Å². The van der Waals surface area contributed by atoms with Gasteiger partial charge in [0.25, 0.3) is 0 Å². The van der Waals surface area contributed by atoms with Crippen molar-refractivity contribution in [3.63, 3.8) is 0 Å². The standard InChI is InChI=1S/C22H27N3O3.ClH/c1-16-6-4-9-20(12-16)28-15-18(26)14-24-21(22-23-10-11-25(22)2)17-7-5-8-19(13-17)27-3;/h4-13,18,21,24,26H,14-15H2,1-3H3;1H. The molecule has 2 unspecified atom stereocenters. The summed E-state index contributed by atoms with van der Waals surface area (Å²) in [6.45, 7) is 2.58. The summed E-state index contributed by atoms with van der Waals surface area (Å²) in [5, 5.41) is 13.8. The number of aryl methyl sites for hydroxylation is 2. The molecule has 1 heterocycles. The van der Waals surface area contributed by atoms with E-state index in [1.165, 1.54) is 0 Å². The quantitative estimate of drug-likeness (QED) is 0.559. The molecule has 6 nitrogen and oxygen atoms in total. The maximum absolute atomic E-state index is 10.4. The molecule has 2 atom stereocenters. The highest BCUT2D eigenvalue weighted by atomic mass is 35.5. The monoisotopic (exact) mass is 417 g/mol.